The molecule has 2 rings (SSSR count). The fraction of sp³-hybridized carbons (Fsp3) is 0.692. The van der Waals surface area contributed by atoms with Crippen LogP contribution in [-0.2, 0) is 9.47 Å². The molecule has 17 heavy (non-hydrogen) atoms. The summed E-state index contributed by atoms with van der Waals surface area (Å²) in [6.07, 6.45) is 3.66. The van der Waals surface area contributed by atoms with Crippen molar-refractivity contribution in [3.05, 3.63) is 24.2 Å². The minimum atomic E-state index is -0.146. The van der Waals surface area contributed by atoms with Gasteiger partial charge in [0.05, 0.1) is 12.9 Å². The molecule has 2 N–H and O–H groups in total. The van der Waals surface area contributed by atoms with E-state index < -0.39 is 0 Å². The van der Waals surface area contributed by atoms with E-state index in [4.69, 9.17) is 19.6 Å². The highest BCUT2D eigenvalue weighted by atomic mass is 16.5. The van der Waals surface area contributed by atoms with Crippen LogP contribution in [0, 0.1) is 5.92 Å². The number of furan rings is 1. The fourth-order valence-corrected chi connectivity index (χ4v) is 2.10. The van der Waals surface area contributed by atoms with Gasteiger partial charge in [-0.15, -0.1) is 0 Å². The average molecular weight is 239 g/mol. The molecule has 1 aliphatic heterocycles. The van der Waals surface area contributed by atoms with E-state index in [-0.39, 0.29) is 12.1 Å². The summed E-state index contributed by atoms with van der Waals surface area (Å²) < 4.78 is 16.6. The molecule has 0 saturated carbocycles. The molecule has 1 fully saturated rings. The molecule has 4 nitrogen and oxygen atoms in total. The number of ether oxygens (including phenoxy) is 2. The highest BCUT2D eigenvalue weighted by Crippen LogP contribution is 2.24. The van der Waals surface area contributed by atoms with Gasteiger partial charge < -0.3 is 19.6 Å². The molecule has 0 radical (unpaired) electrons. The Morgan fingerprint density at radius 2 is 2.24 bits per heavy atom. The fourth-order valence-electron chi connectivity index (χ4n) is 2.10. The van der Waals surface area contributed by atoms with Gasteiger partial charge in [0.25, 0.3) is 0 Å². The van der Waals surface area contributed by atoms with Crippen LogP contribution in [0.4, 0.5) is 0 Å². The van der Waals surface area contributed by atoms with Crippen molar-refractivity contribution in [3.63, 3.8) is 0 Å². The molecule has 4 heteroatoms. The maximum absolute atomic E-state index is 5.93. The molecule has 2 atom stereocenters. The predicted molar refractivity (Wildman–Crippen MR) is 64.6 cm³/mol. The zero-order valence-corrected chi connectivity index (χ0v) is 10.3. The Labute approximate surface area is 102 Å². The Morgan fingerprint density at radius 3 is 2.82 bits per heavy atom. The molecule has 0 aliphatic carbocycles. The van der Waals surface area contributed by atoms with E-state index in [1.54, 1.807) is 6.26 Å². The van der Waals surface area contributed by atoms with Crippen LogP contribution in [0.15, 0.2) is 22.8 Å². The summed E-state index contributed by atoms with van der Waals surface area (Å²) in [5, 5.41) is 0. The lowest BCUT2D eigenvalue weighted by atomic mass is 10.0. The first-order valence-electron chi connectivity index (χ1n) is 6.25. The van der Waals surface area contributed by atoms with E-state index in [1.807, 2.05) is 19.1 Å². The van der Waals surface area contributed by atoms with Crippen LogP contribution in [0.5, 0.6) is 0 Å². The average Bonchev–Trinajstić information content (AvgIpc) is 2.84. The number of rotatable bonds is 5. The molecule has 0 aromatic carbocycles. The van der Waals surface area contributed by atoms with E-state index in [2.05, 4.69) is 0 Å². The van der Waals surface area contributed by atoms with Gasteiger partial charge in [-0.2, -0.15) is 0 Å². The third-order valence-electron chi connectivity index (χ3n) is 3.15. The van der Waals surface area contributed by atoms with Crippen LogP contribution in [0.1, 0.15) is 31.6 Å². The lowest BCUT2D eigenvalue weighted by Crippen LogP contribution is -2.29. The number of hydrogen-bond donors (Lipinski definition) is 1. The Balaban J connectivity index is 1.85. The van der Waals surface area contributed by atoms with Gasteiger partial charge in [-0.05, 0) is 37.8 Å². The molecule has 1 aromatic heterocycles. The van der Waals surface area contributed by atoms with Gasteiger partial charge in [-0.25, -0.2) is 0 Å². The molecule has 0 bridgehead atoms. The Bertz CT molecular complexity index is 304. The van der Waals surface area contributed by atoms with Gasteiger partial charge in [0.2, 0.25) is 0 Å². The van der Waals surface area contributed by atoms with Crippen LogP contribution in [0.25, 0.3) is 0 Å². The van der Waals surface area contributed by atoms with Crippen LogP contribution in [-0.4, -0.2) is 25.9 Å². The molecule has 1 aliphatic rings. The third-order valence-corrected chi connectivity index (χ3v) is 3.15. The number of nitrogens with two attached hydrogens (primary N) is 1. The summed E-state index contributed by atoms with van der Waals surface area (Å²) in [6, 6.07) is 3.71. The van der Waals surface area contributed by atoms with Crippen molar-refractivity contribution < 1.29 is 13.9 Å². The van der Waals surface area contributed by atoms with Crippen LogP contribution in [0.3, 0.4) is 0 Å². The Kier molecular flexibility index (Phi) is 4.59. The topological polar surface area (TPSA) is 57.6 Å². The van der Waals surface area contributed by atoms with Crippen molar-refractivity contribution in [2.45, 2.75) is 31.9 Å². The summed E-state index contributed by atoms with van der Waals surface area (Å²) >= 11 is 0. The molecule has 96 valence electrons. The van der Waals surface area contributed by atoms with E-state index >= 15 is 0 Å². The monoisotopic (exact) mass is 239 g/mol. The molecular formula is C13H21NO3. The summed E-state index contributed by atoms with van der Waals surface area (Å²) in [5.41, 5.74) is 5.93. The first kappa shape index (κ1) is 12.6. The van der Waals surface area contributed by atoms with Crippen LogP contribution in [0.2, 0.25) is 0 Å². The second kappa shape index (κ2) is 6.19. The number of hydrogen-bond acceptors (Lipinski definition) is 4. The predicted octanol–water partition coefficient (Wildman–Crippen LogP) is 2.11. The zero-order valence-electron chi connectivity index (χ0n) is 10.3. The summed E-state index contributed by atoms with van der Waals surface area (Å²) in [6.45, 7) is 4.36. The molecule has 2 heterocycles. The maximum Gasteiger partial charge on any atom is 0.134 e. The van der Waals surface area contributed by atoms with Crippen molar-refractivity contribution >= 4 is 0 Å². The molecule has 0 amide bonds. The second-order valence-electron chi connectivity index (χ2n) is 4.68. The minimum Gasteiger partial charge on any atom is -0.467 e. The smallest absolute Gasteiger partial charge is 0.134 e. The highest BCUT2D eigenvalue weighted by Gasteiger charge is 2.22. The maximum atomic E-state index is 5.93. The molecule has 1 aromatic rings. The first-order valence-corrected chi connectivity index (χ1v) is 6.25. The van der Waals surface area contributed by atoms with Crippen LogP contribution < -0.4 is 5.73 Å². The Hall–Kier alpha value is -0.840. The largest absolute Gasteiger partial charge is 0.467 e. The van der Waals surface area contributed by atoms with E-state index in [1.165, 1.54) is 0 Å². The minimum absolute atomic E-state index is 0.0685. The van der Waals surface area contributed by atoms with Gasteiger partial charge in [-0.3, -0.25) is 0 Å². The van der Waals surface area contributed by atoms with E-state index in [0.29, 0.717) is 5.92 Å². The molecule has 2 unspecified atom stereocenters. The van der Waals surface area contributed by atoms with Gasteiger partial charge in [0.15, 0.2) is 0 Å². The summed E-state index contributed by atoms with van der Waals surface area (Å²) in [4.78, 5) is 0. The lowest BCUT2D eigenvalue weighted by molar-refractivity contribution is -0.0263. The van der Waals surface area contributed by atoms with Gasteiger partial charge in [-0.1, -0.05) is 0 Å². The van der Waals surface area contributed by atoms with E-state index in [9.17, 15) is 0 Å². The van der Waals surface area contributed by atoms with E-state index in [0.717, 1.165) is 38.4 Å². The SMILES string of the molecule is CC(N)C(OCC1CCOCC1)c1ccco1. The lowest BCUT2D eigenvalue weighted by Gasteiger charge is -2.25. The molecule has 0 spiro atoms. The Morgan fingerprint density at radius 1 is 1.47 bits per heavy atom. The van der Waals surface area contributed by atoms with Crippen molar-refractivity contribution in [2.24, 2.45) is 11.7 Å². The van der Waals surface area contributed by atoms with Crippen molar-refractivity contribution in [1.29, 1.82) is 0 Å². The summed E-state index contributed by atoms with van der Waals surface area (Å²) in [7, 11) is 0. The quantitative estimate of drug-likeness (QED) is 0.855. The van der Waals surface area contributed by atoms with Crippen molar-refractivity contribution in [3.8, 4) is 0 Å². The van der Waals surface area contributed by atoms with Crippen molar-refractivity contribution in [1.82, 2.24) is 0 Å². The molecule has 1 saturated heterocycles. The normalized spacial score (nSPS) is 21.3. The van der Waals surface area contributed by atoms with Gasteiger partial charge >= 0.3 is 0 Å². The standard InChI is InChI=1S/C13H21NO3/c1-10(14)13(12-3-2-6-16-12)17-9-11-4-7-15-8-5-11/h2-3,6,10-11,13H,4-5,7-9,14H2,1H3. The molecular weight excluding hydrogens is 218 g/mol. The highest BCUT2D eigenvalue weighted by molar-refractivity contribution is 5.04. The van der Waals surface area contributed by atoms with Crippen molar-refractivity contribution in [2.75, 3.05) is 19.8 Å². The first-order chi connectivity index (χ1) is 8.27. The third kappa shape index (κ3) is 3.56. The van der Waals surface area contributed by atoms with Gasteiger partial charge in [0, 0.05) is 19.3 Å². The summed E-state index contributed by atoms with van der Waals surface area (Å²) in [5.74, 6) is 1.40. The van der Waals surface area contributed by atoms with Gasteiger partial charge in [0.1, 0.15) is 11.9 Å². The zero-order chi connectivity index (χ0) is 12.1. The second-order valence-corrected chi connectivity index (χ2v) is 4.68. The van der Waals surface area contributed by atoms with Crippen LogP contribution >= 0.6 is 0 Å².